The Morgan fingerprint density at radius 1 is 1.00 bits per heavy atom. The van der Waals surface area contributed by atoms with Gasteiger partial charge in [0.2, 0.25) is 0 Å². The zero-order valence-electron chi connectivity index (χ0n) is 18.7. The van der Waals surface area contributed by atoms with E-state index in [1.165, 1.54) is 13.2 Å². The average Bonchev–Trinajstić information content (AvgIpc) is 2.84. The first kappa shape index (κ1) is 23.3. The van der Waals surface area contributed by atoms with Gasteiger partial charge in [-0.25, -0.2) is 4.79 Å². The lowest BCUT2D eigenvalue weighted by Gasteiger charge is -2.11. The molecule has 0 spiro atoms. The minimum Gasteiger partial charge on any atom is -0.488 e. The molecule has 6 heteroatoms. The van der Waals surface area contributed by atoms with Gasteiger partial charge in [-0.2, -0.15) is 5.26 Å². The van der Waals surface area contributed by atoms with Gasteiger partial charge >= 0.3 is 5.97 Å². The Bertz CT molecular complexity index is 1240. The lowest BCUT2D eigenvalue weighted by Crippen LogP contribution is -2.14. The number of esters is 1. The first-order valence-corrected chi connectivity index (χ1v) is 10.3. The SMILES string of the molecule is COC(=O)c1ccc(COc2ccccc2/C=C(\C#N)C(=O)Nc2cccc(C)c2C)cc1. The molecule has 3 aromatic carbocycles. The van der Waals surface area contributed by atoms with Crippen LogP contribution in [0.5, 0.6) is 5.75 Å². The van der Waals surface area contributed by atoms with Crippen molar-refractivity contribution < 1.29 is 19.1 Å². The van der Waals surface area contributed by atoms with Crippen molar-refractivity contribution in [3.63, 3.8) is 0 Å². The van der Waals surface area contributed by atoms with Crippen LogP contribution in [-0.2, 0) is 16.1 Å². The molecule has 0 unspecified atom stereocenters. The van der Waals surface area contributed by atoms with Gasteiger partial charge in [-0.1, -0.05) is 42.5 Å². The number of nitrogens with one attached hydrogen (secondary N) is 1. The number of benzene rings is 3. The fraction of sp³-hybridized carbons (Fsp3) is 0.148. The van der Waals surface area contributed by atoms with Crippen LogP contribution in [-0.4, -0.2) is 19.0 Å². The first-order chi connectivity index (χ1) is 15.9. The highest BCUT2D eigenvalue weighted by Crippen LogP contribution is 2.24. The number of hydrogen-bond acceptors (Lipinski definition) is 5. The van der Waals surface area contributed by atoms with Crippen molar-refractivity contribution in [1.29, 1.82) is 5.26 Å². The number of aryl methyl sites for hydroxylation is 1. The van der Waals surface area contributed by atoms with Gasteiger partial charge in [0.1, 0.15) is 24.0 Å². The smallest absolute Gasteiger partial charge is 0.337 e. The normalized spacial score (nSPS) is 10.8. The average molecular weight is 440 g/mol. The van der Waals surface area contributed by atoms with Crippen molar-refractivity contribution in [2.24, 2.45) is 0 Å². The van der Waals surface area contributed by atoms with E-state index in [2.05, 4.69) is 5.32 Å². The predicted octanol–water partition coefficient (Wildman–Crippen LogP) is 5.21. The molecule has 0 fully saturated rings. The van der Waals surface area contributed by atoms with Crippen molar-refractivity contribution in [3.8, 4) is 11.8 Å². The summed E-state index contributed by atoms with van der Waals surface area (Å²) in [7, 11) is 1.33. The molecule has 3 rings (SSSR count). The molecule has 0 saturated heterocycles. The number of carbonyl (C=O) groups is 2. The summed E-state index contributed by atoms with van der Waals surface area (Å²) in [4.78, 5) is 24.3. The Labute approximate surface area is 193 Å². The van der Waals surface area contributed by atoms with E-state index in [1.54, 1.807) is 48.5 Å². The summed E-state index contributed by atoms with van der Waals surface area (Å²) in [6.07, 6.45) is 1.51. The summed E-state index contributed by atoms with van der Waals surface area (Å²) in [6.45, 7) is 4.13. The Kier molecular flexibility index (Phi) is 7.61. The molecular formula is C27H24N2O4. The van der Waals surface area contributed by atoms with Gasteiger partial charge in [-0.15, -0.1) is 0 Å². The van der Waals surface area contributed by atoms with Crippen LogP contribution in [0.25, 0.3) is 6.08 Å². The fourth-order valence-electron chi connectivity index (χ4n) is 3.13. The van der Waals surface area contributed by atoms with Crippen LogP contribution < -0.4 is 10.1 Å². The summed E-state index contributed by atoms with van der Waals surface area (Å²) in [5, 5.41) is 12.4. The monoisotopic (exact) mass is 440 g/mol. The number of ether oxygens (including phenoxy) is 2. The second kappa shape index (κ2) is 10.8. The van der Waals surface area contributed by atoms with Crippen molar-refractivity contribution in [2.75, 3.05) is 12.4 Å². The quantitative estimate of drug-likeness (QED) is 0.309. The third-order valence-electron chi connectivity index (χ3n) is 5.21. The second-order valence-electron chi connectivity index (χ2n) is 7.39. The summed E-state index contributed by atoms with van der Waals surface area (Å²) in [5.74, 6) is -0.359. The standard InChI is InChI=1S/C27H24N2O4/c1-18-7-6-9-24(19(18)2)29-26(30)23(16-28)15-22-8-4-5-10-25(22)33-17-20-11-13-21(14-12-20)27(31)32-3/h4-15H,17H2,1-3H3,(H,29,30)/b23-15+. The molecule has 1 amide bonds. The maximum atomic E-state index is 12.7. The van der Waals surface area contributed by atoms with E-state index in [9.17, 15) is 14.9 Å². The fourth-order valence-corrected chi connectivity index (χ4v) is 3.13. The number of carbonyl (C=O) groups excluding carboxylic acids is 2. The Morgan fingerprint density at radius 2 is 1.73 bits per heavy atom. The van der Waals surface area contributed by atoms with Gasteiger partial charge in [0.05, 0.1) is 12.7 Å². The van der Waals surface area contributed by atoms with Crippen LogP contribution in [0.2, 0.25) is 0 Å². The van der Waals surface area contributed by atoms with Gasteiger partial charge < -0.3 is 14.8 Å². The molecular weight excluding hydrogens is 416 g/mol. The van der Waals surface area contributed by atoms with Gasteiger partial charge in [-0.3, -0.25) is 4.79 Å². The van der Waals surface area contributed by atoms with E-state index >= 15 is 0 Å². The number of amides is 1. The minimum absolute atomic E-state index is 0.0330. The Balaban J connectivity index is 1.76. The molecule has 1 N–H and O–H groups in total. The number of hydrogen-bond donors (Lipinski definition) is 1. The number of anilines is 1. The third-order valence-corrected chi connectivity index (χ3v) is 5.21. The zero-order valence-corrected chi connectivity index (χ0v) is 18.7. The van der Waals surface area contributed by atoms with Crippen LogP contribution in [0.15, 0.2) is 72.3 Å². The van der Waals surface area contributed by atoms with Gasteiger partial charge in [0.15, 0.2) is 0 Å². The second-order valence-corrected chi connectivity index (χ2v) is 7.39. The van der Waals surface area contributed by atoms with Gasteiger partial charge in [0.25, 0.3) is 5.91 Å². The number of nitrogens with zero attached hydrogens (tertiary/aromatic N) is 1. The Hall–Kier alpha value is -4.37. The molecule has 0 saturated carbocycles. The molecule has 6 nitrogen and oxygen atoms in total. The molecule has 0 bridgehead atoms. The molecule has 0 heterocycles. The predicted molar refractivity (Wildman–Crippen MR) is 127 cm³/mol. The van der Waals surface area contributed by atoms with E-state index in [0.29, 0.717) is 22.6 Å². The van der Waals surface area contributed by atoms with Crippen molar-refractivity contribution in [2.45, 2.75) is 20.5 Å². The highest BCUT2D eigenvalue weighted by Gasteiger charge is 2.13. The Morgan fingerprint density at radius 3 is 2.42 bits per heavy atom. The topological polar surface area (TPSA) is 88.4 Å². The van der Waals surface area contributed by atoms with E-state index in [-0.39, 0.29) is 12.2 Å². The first-order valence-electron chi connectivity index (χ1n) is 10.3. The third kappa shape index (κ3) is 5.86. The maximum absolute atomic E-state index is 12.7. The van der Waals surface area contributed by atoms with Gasteiger partial charge in [0, 0.05) is 11.3 Å². The number of para-hydroxylation sites is 1. The van der Waals surface area contributed by atoms with Crippen molar-refractivity contribution in [1.82, 2.24) is 0 Å². The highest BCUT2D eigenvalue weighted by molar-refractivity contribution is 6.10. The number of methoxy groups -OCH3 is 1. The number of nitriles is 1. The van der Waals surface area contributed by atoms with E-state index in [4.69, 9.17) is 9.47 Å². The molecule has 0 radical (unpaired) electrons. The molecule has 0 aliphatic rings. The van der Waals surface area contributed by atoms with Crippen LogP contribution in [0, 0.1) is 25.2 Å². The highest BCUT2D eigenvalue weighted by atomic mass is 16.5. The zero-order chi connectivity index (χ0) is 23.8. The van der Waals surface area contributed by atoms with Crippen molar-refractivity contribution in [3.05, 3.63) is 100 Å². The van der Waals surface area contributed by atoms with E-state index in [0.717, 1.165) is 16.7 Å². The summed E-state index contributed by atoms with van der Waals surface area (Å²) in [6, 6.07) is 21.7. The molecule has 3 aromatic rings. The number of rotatable bonds is 7. The van der Waals surface area contributed by atoms with Crippen LogP contribution in [0.3, 0.4) is 0 Å². The molecule has 0 atom stereocenters. The largest absolute Gasteiger partial charge is 0.488 e. The lowest BCUT2D eigenvalue weighted by molar-refractivity contribution is -0.112. The van der Waals surface area contributed by atoms with Crippen LogP contribution in [0.4, 0.5) is 5.69 Å². The molecule has 0 aromatic heterocycles. The molecule has 0 aliphatic carbocycles. The molecule has 0 aliphatic heterocycles. The van der Waals surface area contributed by atoms with Gasteiger partial charge in [-0.05, 0) is 60.9 Å². The van der Waals surface area contributed by atoms with Crippen LogP contribution >= 0.6 is 0 Å². The van der Waals surface area contributed by atoms with Crippen molar-refractivity contribution >= 4 is 23.6 Å². The molecule has 166 valence electrons. The minimum atomic E-state index is -0.487. The van der Waals surface area contributed by atoms with E-state index in [1.807, 2.05) is 38.1 Å². The summed E-state index contributed by atoms with van der Waals surface area (Å²) < 4.78 is 10.6. The van der Waals surface area contributed by atoms with Crippen LogP contribution in [0.1, 0.15) is 32.6 Å². The molecule has 33 heavy (non-hydrogen) atoms. The van der Waals surface area contributed by atoms with E-state index < -0.39 is 11.9 Å². The summed E-state index contributed by atoms with van der Waals surface area (Å²) >= 11 is 0. The maximum Gasteiger partial charge on any atom is 0.337 e. The summed E-state index contributed by atoms with van der Waals surface area (Å²) in [5.41, 5.74) is 4.55. The lowest BCUT2D eigenvalue weighted by atomic mass is 10.1.